The molecule has 3 N–H and O–H groups in total. The maximum absolute atomic E-state index is 12.1. The van der Waals surface area contributed by atoms with E-state index >= 15 is 0 Å². The molecule has 0 aliphatic carbocycles. The Bertz CT molecular complexity index is 286. The first kappa shape index (κ1) is 17.2. The third-order valence-corrected chi connectivity index (χ3v) is 3.88. The Morgan fingerprint density at radius 2 is 2.00 bits per heavy atom. The van der Waals surface area contributed by atoms with Gasteiger partial charge in [-0.05, 0) is 24.3 Å². The molecule has 0 fully saturated rings. The molecule has 0 radical (unpaired) electrons. The molecule has 0 aliphatic heterocycles. The molecule has 0 aliphatic rings. The van der Waals surface area contributed by atoms with Crippen molar-refractivity contribution in [1.82, 2.24) is 4.90 Å². The zero-order valence-electron chi connectivity index (χ0n) is 11.5. The molecule has 106 valence electrons. The van der Waals surface area contributed by atoms with Gasteiger partial charge in [0.15, 0.2) is 0 Å². The minimum Gasteiger partial charge on any atom is -0.480 e. The van der Waals surface area contributed by atoms with Crippen LogP contribution in [-0.4, -0.2) is 53.0 Å². The predicted molar refractivity (Wildman–Crippen MR) is 74.6 cm³/mol. The second-order valence-corrected chi connectivity index (χ2v) is 5.48. The van der Waals surface area contributed by atoms with Gasteiger partial charge in [-0.2, -0.15) is 11.8 Å². The fourth-order valence-corrected chi connectivity index (χ4v) is 2.06. The molecule has 6 heteroatoms. The summed E-state index contributed by atoms with van der Waals surface area (Å²) in [5.41, 5.74) is 5.85. The number of aliphatic carboxylic acids is 1. The molecular weight excluding hydrogens is 252 g/mol. The van der Waals surface area contributed by atoms with E-state index in [-0.39, 0.29) is 11.8 Å². The Balaban J connectivity index is 4.70. The quantitative estimate of drug-likeness (QED) is 0.691. The van der Waals surface area contributed by atoms with Crippen LogP contribution in [0.3, 0.4) is 0 Å². The lowest BCUT2D eigenvalue weighted by Crippen LogP contribution is -2.51. The van der Waals surface area contributed by atoms with Gasteiger partial charge in [0.05, 0.1) is 6.04 Å². The monoisotopic (exact) mass is 276 g/mol. The van der Waals surface area contributed by atoms with E-state index < -0.39 is 18.1 Å². The maximum atomic E-state index is 12.1. The number of likely N-dealkylation sites (N-methyl/N-ethyl adjacent to an activating group) is 1. The Hall–Kier alpha value is -0.750. The molecule has 0 aromatic heterocycles. The van der Waals surface area contributed by atoms with Crippen molar-refractivity contribution in [2.24, 2.45) is 11.7 Å². The van der Waals surface area contributed by atoms with Gasteiger partial charge in [-0.25, -0.2) is 4.79 Å². The van der Waals surface area contributed by atoms with Crippen LogP contribution in [0.5, 0.6) is 0 Å². The van der Waals surface area contributed by atoms with Gasteiger partial charge in [-0.3, -0.25) is 4.79 Å². The van der Waals surface area contributed by atoms with Gasteiger partial charge in [0.1, 0.15) is 6.04 Å². The summed E-state index contributed by atoms with van der Waals surface area (Å²) in [6.07, 6.45) is 3.14. The summed E-state index contributed by atoms with van der Waals surface area (Å²) in [6.45, 7) is 3.86. The fourth-order valence-electron chi connectivity index (χ4n) is 1.60. The van der Waals surface area contributed by atoms with Crippen LogP contribution in [0.15, 0.2) is 0 Å². The van der Waals surface area contributed by atoms with Crippen molar-refractivity contribution in [3.63, 3.8) is 0 Å². The van der Waals surface area contributed by atoms with E-state index in [1.807, 2.05) is 20.1 Å². The number of carbonyl (C=O) groups excluding carboxylic acids is 1. The molecule has 0 aromatic carbocycles. The smallest absolute Gasteiger partial charge is 0.326 e. The van der Waals surface area contributed by atoms with Crippen LogP contribution in [0.25, 0.3) is 0 Å². The zero-order chi connectivity index (χ0) is 14.3. The second kappa shape index (κ2) is 8.37. The van der Waals surface area contributed by atoms with E-state index in [4.69, 9.17) is 10.8 Å². The molecule has 0 bridgehead atoms. The summed E-state index contributed by atoms with van der Waals surface area (Å²) in [7, 11) is 1.52. The van der Waals surface area contributed by atoms with Gasteiger partial charge in [0.2, 0.25) is 5.91 Å². The van der Waals surface area contributed by atoms with Crippen molar-refractivity contribution in [3.05, 3.63) is 0 Å². The van der Waals surface area contributed by atoms with Crippen LogP contribution < -0.4 is 5.73 Å². The average molecular weight is 276 g/mol. The van der Waals surface area contributed by atoms with Crippen molar-refractivity contribution >= 4 is 23.6 Å². The van der Waals surface area contributed by atoms with Crippen molar-refractivity contribution in [1.29, 1.82) is 0 Å². The molecule has 0 saturated carbocycles. The van der Waals surface area contributed by atoms with E-state index in [9.17, 15) is 9.59 Å². The molecule has 0 rings (SSSR count). The molecule has 0 spiro atoms. The normalized spacial score (nSPS) is 15.8. The van der Waals surface area contributed by atoms with Crippen LogP contribution in [-0.2, 0) is 9.59 Å². The van der Waals surface area contributed by atoms with Crippen LogP contribution in [0, 0.1) is 5.92 Å². The lowest BCUT2D eigenvalue weighted by molar-refractivity contribution is -0.150. The minimum atomic E-state index is -0.976. The topological polar surface area (TPSA) is 83.6 Å². The third kappa shape index (κ3) is 4.86. The van der Waals surface area contributed by atoms with Gasteiger partial charge < -0.3 is 15.7 Å². The number of carboxylic acid groups (broad SMARTS) is 1. The molecule has 0 aromatic rings. The largest absolute Gasteiger partial charge is 0.480 e. The minimum absolute atomic E-state index is 0.0509. The van der Waals surface area contributed by atoms with E-state index in [1.165, 1.54) is 11.9 Å². The molecular formula is C12H24N2O3S. The molecule has 0 heterocycles. The van der Waals surface area contributed by atoms with Crippen LogP contribution in [0.2, 0.25) is 0 Å². The van der Waals surface area contributed by atoms with Gasteiger partial charge in [-0.15, -0.1) is 0 Å². The molecule has 3 atom stereocenters. The highest BCUT2D eigenvalue weighted by atomic mass is 32.2. The zero-order valence-corrected chi connectivity index (χ0v) is 12.4. The highest BCUT2D eigenvalue weighted by Crippen LogP contribution is 2.12. The van der Waals surface area contributed by atoms with E-state index in [1.54, 1.807) is 11.8 Å². The SMILES string of the molecule is CC[C@H](C)[C@H](N)C(=O)N(C)[C@@H](CCSC)C(=O)O. The highest BCUT2D eigenvalue weighted by Gasteiger charge is 2.30. The van der Waals surface area contributed by atoms with E-state index in [2.05, 4.69) is 0 Å². The van der Waals surface area contributed by atoms with Crippen molar-refractivity contribution in [2.75, 3.05) is 19.1 Å². The van der Waals surface area contributed by atoms with Crippen LogP contribution in [0.4, 0.5) is 0 Å². The molecule has 0 unspecified atom stereocenters. The van der Waals surface area contributed by atoms with E-state index in [0.29, 0.717) is 12.2 Å². The lowest BCUT2D eigenvalue weighted by atomic mass is 9.98. The summed E-state index contributed by atoms with van der Waals surface area (Å²) in [5, 5.41) is 9.15. The Labute approximate surface area is 113 Å². The van der Waals surface area contributed by atoms with E-state index in [0.717, 1.165) is 6.42 Å². The van der Waals surface area contributed by atoms with Gasteiger partial charge >= 0.3 is 5.97 Å². The molecule has 1 amide bonds. The predicted octanol–water partition coefficient (Wildman–Crippen LogP) is 1.02. The summed E-state index contributed by atoms with van der Waals surface area (Å²) in [4.78, 5) is 24.5. The average Bonchev–Trinajstić information content (AvgIpc) is 2.35. The molecule has 5 nitrogen and oxygen atoms in total. The number of rotatable bonds is 8. The first-order valence-corrected chi connectivity index (χ1v) is 7.50. The molecule has 0 saturated heterocycles. The van der Waals surface area contributed by atoms with Crippen molar-refractivity contribution in [3.8, 4) is 0 Å². The number of carbonyl (C=O) groups is 2. The number of amides is 1. The fraction of sp³-hybridized carbons (Fsp3) is 0.833. The summed E-state index contributed by atoms with van der Waals surface area (Å²) in [5.74, 6) is -0.517. The first-order valence-electron chi connectivity index (χ1n) is 6.10. The second-order valence-electron chi connectivity index (χ2n) is 4.50. The summed E-state index contributed by atoms with van der Waals surface area (Å²) < 4.78 is 0. The summed E-state index contributed by atoms with van der Waals surface area (Å²) in [6, 6.07) is -1.42. The third-order valence-electron chi connectivity index (χ3n) is 3.24. The highest BCUT2D eigenvalue weighted by molar-refractivity contribution is 7.98. The number of hydrogen-bond donors (Lipinski definition) is 2. The Morgan fingerprint density at radius 1 is 1.44 bits per heavy atom. The number of nitrogens with zero attached hydrogens (tertiary/aromatic N) is 1. The standard InChI is InChI=1S/C12H24N2O3S/c1-5-8(2)10(13)11(15)14(3)9(12(16)17)6-7-18-4/h8-10H,5-7,13H2,1-4H3,(H,16,17)/t8-,9-,10-/m0/s1. The number of nitrogens with two attached hydrogens (primary N) is 1. The number of carboxylic acids is 1. The Kier molecular flexibility index (Phi) is 8.02. The number of hydrogen-bond acceptors (Lipinski definition) is 4. The number of thioether (sulfide) groups is 1. The lowest BCUT2D eigenvalue weighted by Gasteiger charge is -2.29. The first-order chi connectivity index (χ1) is 8.36. The van der Waals surface area contributed by atoms with Crippen molar-refractivity contribution in [2.45, 2.75) is 38.8 Å². The Morgan fingerprint density at radius 3 is 2.39 bits per heavy atom. The van der Waals surface area contributed by atoms with Crippen LogP contribution >= 0.6 is 11.8 Å². The van der Waals surface area contributed by atoms with Gasteiger partial charge in [0.25, 0.3) is 0 Å². The van der Waals surface area contributed by atoms with Crippen LogP contribution in [0.1, 0.15) is 26.7 Å². The van der Waals surface area contributed by atoms with Gasteiger partial charge in [0, 0.05) is 7.05 Å². The van der Waals surface area contributed by atoms with Crippen molar-refractivity contribution < 1.29 is 14.7 Å². The van der Waals surface area contributed by atoms with Gasteiger partial charge in [-0.1, -0.05) is 20.3 Å². The molecule has 18 heavy (non-hydrogen) atoms. The summed E-state index contributed by atoms with van der Waals surface area (Å²) >= 11 is 1.56. The maximum Gasteiger partial charge on any atom is 0.326 e.